The van der Waals surface area contributed by atoms with Crippen LogP contribution in [0.4, 0.5) is 0 Å². The molecular formula is C10H20O. The van der Waals surface area contributed by atoms with Crippen molar-refractivity contribution in [3.63, 3.8) is 0 Å². The topological polar surface area (TPSA) is 20.2 Å². The Morgan fingerprint density at radius 1 is 1.45 bits per heavy atom. The molecule has 0 saturated heterocycles. The monoisotopic (exact) mass is 156 g/mol. The Hall–Kier alpha value is -0.0400. The Morgan fingerprint density at radius 2 is 2.09 bits per heavy atom. The first kappa shape index (κ1) is 9.05. The molecule has 66 valence electrons. The molecule has 0 bridgehead atoms. The Labute approximate surface area is 69.8 Å². The lowest BCUT2D eigenvalue weighted by molar-refractivity contribution is 0.0812. The summed E-state index contributed by atoms with van der Waals surface area (Å²) in [5.74, 6) is 0. The fourth-order valence-corrected chi connectivity index (χ4v) is 1.97. The van der Waals surface area contributed by atoms with Crippen molar-refractivity contribution in [2.45, 2.75) is 58.5 Å². The second-order valence-corrected chi connectivity index (χ2v) is 4.09. The van der Waals surface area contributed by atoms with Crippen LogP contribution in [0.3, 0.4) is 0 Å². The van der Waals surface area contributed by atoms with E-state index in [9.17, 15) is 0 Å². The van der Waals surface area contributed by atoms with Gasteiger partial charge in [-0.1, -0.05) is 19.8 Å². The lowest BCUT2D eigenvalue weighted by atomic mass is 9.64. The number of aliphatic hydroxyl groups is 1. The number of aliphatic hydroxyl groups excluding tert-OH is 1. The molecule has 0 aromatic rings. The molecule has 0 radical (unpaired) electrons. The van der Waals surface area contributed by atoms with Crippen molar-refractivity contribution in [1.82, 2.24) is 0 Å². The van der Waals surface area contributed by atoms with Crippen LogP contribution in [0.25, 0.3) is 0 Å². The summed E-state index contributed by atoms with van der Waals surface area (Å²) in [5.41, 5.74) is 0.636. The minimum atomic E-state index is -0.0981. The van der Waals surface area contributed by atoms with Crippen molar-refractivity contribution in [2.24, 2.45) is 5.41 Å². The van der Waals surface area contributed by atoms with Gasteiger partial charge in [0.15, 0.2) is 0 Å². The third-order valence-electron chi connectivity index (χ3n) is 3.26. The first-order chi connectivity index (χ1) is 5.18. The number of hydrogen-bond acceptors (Lipinski definition) is 1. The summed E-state index contributed by atoms with van der Waals surface area (Å²) in [6.07, 6.45) is 7.65. The van der Waals surface area contributed by atoms with Crippen LogP contribution < -0.4 is 0 Å². The van der Waals surface area contributed by atoms with Crippen molar-refractivity contribution >= 4 is 0 Å². The zero-order valence-corrected chi connectivity index (χ0v) is 7.77. The lowest BCUT2D eigenvalue weighted by Gasteiger charge is -2.41. The molecule has 0 unspecified atom stereocenters. The van der Waals surface area contributed by atoms with Crippen molar-refractivity contribution in [1.29, 1.82) is 0 Å². The van der Waals surface area contributed by atoms with Gasteiger partial charge in [-0.05, 0) is 38.0 Å². The molecule has 11 heavy (non-hydrogen) atoms. The molecule has 0 heterocycles. The van der Waals surface area contributed by atoms with E-state index in [4.69, 9.17) is 5.11 Å². The van der Waals surface area contributed by atoms with Gasteiger partial charge in [0.1, 0.15) is 0 Å². The van der Waals surface area contributed by atoms with Crippen LogP contribution in [0, 0.1) is 5.41 Å². The largest absolute Gasteiger partial charge is 0.393 e. The van der Waals surface area contributed by atoms with Crippen molar-refractivity contribution < 1.29 is 5.11 Å². The van der Waals surface area contributed by atoms with Crippen LogP contribution in [-0.2, 0) is 0 Å². The van der Waals surface area contributed by atoms with Crippen molar-refractivity contribution in [2.75, 3.05) is 0 Å². The molecular weight excluding hydrogens is 136 g/mol. The summed E-state index contributed by atoms with van der Waals surface area (Å²) < 4.78 is 0. The van der Waals surface area contributed by atoms with Crippen molar-refractivity contribution in [3.05, 3.63) is 0 Å². The molecule has 1 fully saturated rings. The minimum Gasteiger partial charge on any atom is -0.393 e. The Kier molecular flexibility index (Phi) is 2.94. The average molecular weight is 156 g/mol. The molecule has 1 nitrogen and oxygen atoms in total. The molecule has 1 heteroatoms. The van der Waals surface area contributed by atoms with Crippen LogP contribution in [0.2, 0.25) is 0 Å². The zero-order chi connectivity index (χ0) is 8.32. The summed E-state index contributed by atoms with van der Waals surface area (Å²) >= 11 is 0. The first-order valence-electron chi connectivity index (χ1n) is 4.87. The molecule has 1 rings (SSSR count). The third-order valence-corrected chi connectivity index (χ3v) is 3.26. The van der Waals surface area contributed by atoms with Gasteiger partial charge >= 0.3 is 0 Å². The maximum Gasteiger partial charge on any atom is 0.0512 e. The van der Waals surface area contributed by atoms with Gasteiger partial charge in [0, 0.05) is 0 Å². The van der Waals surface area contributed by atoms with E-state index in [2.05, 4.69) is 6.92 Å². The van der Waals surface area contributed by atoms with E-state index in [0.717, 1.165) is 6.42 Å². The molecule has 1 N–H and O–H groups in total. The van der Waals surface area contributed by atoms with E-state index in [1.54, 1.807) is 0 Å². The van der Waals surface area contributed by atoms with Crippen LogP contribution in [0.5, 0.6) is 0 Å². The maximum absolute atomic E-state index is 9.13. The van der Waals surface area contributed by atoms with E-state index in [1.165, 1.54) is 32.1 Å². The molecule has 0 amide bonds. The zero-order valence-electron chi connectivity index (χ0n) is 7.77. The molecule has 1 saturated carbocycles. The van der Waals surface area contributed by atoms with Gasteiger partial charge < -0.3 is 5.11 Å². The summed E-state index contributed by atoms with van der Waals surface area (Å²) in [6.45, 7) is 4.17. The second kappa shape index (κ2) is 3.57. The van der Waals surface area contributed by atoms with E-state index in [1.807, 2.05) is 6.92 Å². The molecule has 0 aliphatic heterocycles. The van der Waals surface area contributed by atoms with Gasteiger partial charge in [0.05, 0.1) is 6.10 Å². The summed E-state index contributed by atoms with van der Waals surface area (Å²) in [7, 11) is 0. The van der Waals surface area contributed by atoms with Gasteiger partial charge in [0.2, 0.25) is 0 Å². The second-order valence-electron chi connectivity index (χ2n) is 4.09. The minimum absolute atomic E-state index is 0.0981. The molecule has 0 aromatic heterocycles. The highest BCUT2D eigenvalue weighted by molar-refractivity contribution is 4.86. The molecule has 0 spiro atoms. The standard InChI is InChI=1S/C10H20O/c1-3-10(6-4-7-10)8-5-9(2)11/h9,11H,3-8H2,1-2H3/t9-/m1/s1. The van der Waals surface area contributed by atoms with Crippen LogP contribution >= 0.6 is 0 Å². The molecule has 1 aliphatic rings. The van der Waals surface area contributed by atoms with E-state index in [-0.39, 0.29) is 6.10 Å². The van der Waals surface area contributed by atoms with Crippen LogP contribution in [0.15, 0.2) is 0 Å². The number of rotatable bonds is 4. The summed E-state index contributed by atoms with van der Waals surface area (Å²) in [5, 5.41) is 9.13. The highest BCUT2D eigenvalue weighted by Crippen LogP contribution is 2.47. The van der Waals surface area contributed by atoms with E-state index < -0.39 is 0 Å². The SMILES string of the molecule is CCC1(CC[C@@H](C)O)CCC1. The number of hydrogen-bond donors (Lipinski definition) is 1. The van der Waals surface area contributed by atoms with Crippen LogP contribution in [0.1, 0.15) is 52.4 Å². The van der Waals surface area contributed by atoms with Crippen molar-refractivity contribution in [3.8, 4) is 0 Å². The molecule has 1 atom stereocenters. The normalized spacial score (nSPS) is 24.3. The Morgan fingerprint density at radius 3 is 2.36 bits per heavy atom. The van der Waals surface area contributed by atoms with Crippen LogP contribution in [-0.4, -0.2) is 11.2 Å². The fraction of sp³-hybridized carbons (Fsp3) is 1.00. The predicted molar refractivity (Wildman–Crippen MR) is 47.5 cm³/mol. The van der Waals surface area contributed by atoms with Gasteiger partial charge in [-0.15, -0.1) is 0 Å². The van der Waals surface area contributed by atoms with E-state index in [0.29, 0.717) is 5.41 Å². The first-order valence-corrected chi connectivity index (χ1v) is 4.87. The Bertz CT molecular complexity index is 109. The highest BCUT2D eigenvalue weighted by Gasteiger charge is 2.34. The average Bonchev–Trinajstić information content (AvgIpc) is 1.86. The van der Waals surface area contributed by atoms with Gasteiger partial charge in [0.25, 0.3) is 0 Å². The van der Waals surface area contributed by atoms with E-state index >= 15 is 0 Å². The Balaban J connectivity index is 2.22. The molecule has 1 aliphatic carbocycles. The van der Waals surface area contributed by atoms with Gasteiger partial charge in [-0.25, -0.2) is 0 Å². The fourth-order valence-electron chi connectivity index (χ4n) is 1.97. The summed E-state index contributed by atoms with van der Waals surface area (Å²) in [4.78, 5) is 0. The van der Waals surface area contributed by atoms with Gasteiger partial charge in [-0.2, -0.15) is 0 Å². The molecule has 0 aromatic carbocycles. The third kappa shape index (κ3) is 2.19. The highest BCUT2D eigenvalue weighted by atomic mass is 16.3. The lowest BCUT2D eigenvalue weighted by Crippen LogP contribution is -2.29. The quantitative estimate of drug-likeness (QED) is 0.663. The maximum atomic E-state index is 9.13. The predicted octanol–water partition coefficient (Wildman–Crippen LogP) is 2.73. The van der Waals surface area contributed by atoms with Gasteiger partial charge in [-0.3, -0.25) is 0 Å². The summed E-state index contributed by atoms with van der Waals surface area (Å²) in [6, 6.07) is 0. The smallest absolute Gasteiger partial charge is 0.0512 e.